The van der Waals surface area contributed by atoms with Crippen LogP contribution in [-0.4, -0.2) is 22.6 Å². The summed E-state index contributed by atoms with van der Waals surface area (Å²) in [5.74, 6) is 0.966. The molecule has 19 heavy (non-hydrogen) atoms. The highest BCUT2D eigenvalue weighted by molar-refractivity contribution is 5.58. The van der Waals surface area contributed by atoms with E-state index >= 15 is 0 Å². The first-order chi connectivity index (χ1) is 9.13. The highest BCUT2D eigenvalue weighted by Crippen LogP contribution is 2.16. The van der Waals surface area contributed by atoms with Gasteiger partial charge in [-0.2, -0.15) is 0 Å². The van der Waals surface area contributed by atoms with Gasteiger partial charge in [0.15, 0.2) is 0 Å². The maximum Gasteiger partial charge on any atom is 0.135 e. The van der Waals surface area contributed by atoms with Crippen LogP contribution in [0.4, 0.5) is 21.7 Å². The molecule has 0 radical (unpaired) electrons. The summed E-state index contributed by atoms with van der Waals surface area (Å²) in [6.07, 6.45) is 1.44. The predicted octanol–water partition coefficient (Wildman–Crippen LogP) is 2.12. The molecule has 4 N–H and O–H groups in total. The molecule has 0 fully saturated rings. The molecule has 6 heteroatoms. The minimum Gasteiger partial charge on any atom is -0.368 e. The van der Waals surface area contributed by atoms with Gasteiger partial charge in [-0.3, -0.25) is 0 Å². The molecule has 0 aliphatic carbocycles. The van der Waals surface area contributed by atoms with E-state index in [0.717, 1.165) is 0 Å². The Morgan fingerprint density at radius 2 is 2.05 bits per heavy atom. The smallest absolute Gasteiger partial charge is 0.135 e. The molecule has 0 aliphatic rings. The monoisotopic (exact) mass is 261 g/mol. The van der Waals surface area contributed by atoms with Crippen molar-refractivity contribution in [1.29, 1.82) is 0 Å². The van der Waals surface area contributed by atoms with Crippen molar-refractivity contribution in [3.05, 3.63) is 42.5 Å². The molecule has 0 saturated heterocycles. The van der Waals surface area contributed by atoms with Gasteiger partial charge in [-0.1, -0.05) is 6.07 Å². The molecule has 0 aliphatic heterocycles. The van der Waals surface area contributed by atoms with Crippen molar-refractivity contribution in [2.24, 2.45) is 5.73 Å². The second kappa shape index (κ2) is 6.10. The zero-order valence-electron chi connectivity index (χ0n) is 10.6. The van der Waals surface area contributed by atoms with Gasteiger partial charge in [0.1, 0.15) is 23.8 Å². The number of anilines is 3. The van der Waals surface area contributed by atoms with Gasteiger partial charge in [-0.15, -0.1) is 0 Å². The van der Waals surface area contributed by atoms with Crippen molar-refractivity contribution >= 4 is 17.3 Å². The average molecular weight is 261 g/mol. The van der Waals surface area contributed by atoms with Crippen LogP contribution in [0.25, 0.3) is 0 Å². The van der Waals surface area contributed by atoms with E-state index in [9.17, 15) is 4.39 Å². The Bertz CT molecular complexity index is 544. The Morgan fingerprint density at radius 1 is 1.26 bits per heavy atom. The number of nitrogens with two attached hydrogens (primary N) is 1. The minimum atomic E-state index is -0.297. The number of halogens is 1. The van der Waals surface area contributed by atoms with E-state index in [0.29, 0.717) is 23.9 Å². The van der Waals surface area contributed by atoms with Crippen LogP contribution in [0.5, 0.6) is 0 Å². The average Bonchev–Trinajstić information content (AvgIpc) is 2.37. The summed E-state index contributed by atoms with van der Waals surface area (Å²) in [6, 6.07) is 7.97. The van der Waals surface area contributed by atoms with E-state index in [1.165, 1.54) is 18.5 Å². The second-order valence-electron chi connectivity index (χ2n) is 4.28. The normalized spacial score (nSPS) is 11.9. The van der Waals surface area contributed by atoms with Crippen molar-refractivity contribution in [3.63, 3.8) is 0 Å². The predicted molar refractivity (Wildman–Crippen MR) is 73.9 cm³/mol. The molecule has 0 amide bonds. The van der Waals surface area contributed by atoms with Gasteiger partial charge >= 0.3 is 0 Å². The largest absolute Gasteiger partial charge is 0.368 e. The molecule has 2 aromatic rings. The van der Waals surface area contributed by atoms with E-state index in [2.05, 4.69) is 20.6 Å². The quantitative estimate of drug-likeness (QED) is 0.768. The third-order valence-corrected chi connectivity index (χ3v) is 2.37. The molecule has 0 spiro atoms. The maximum atomic E-state index is 13.1. The van der Waals surface area contributed by atoms with E-state index in [4.69, 9.17) is 5.73 Å². The Hall–Kier alpha value is -2.21. The minimum absolute atomic E-state index is 0.0367. The highest BCUT2D eigenvalue weighted by atomic mass is 19.1. The van der Waals surface area contributed by atoms with Crippen LogP contribution < -0.4 is 16.4 Å². The van der Waals surface area contributed by atoms with Crippen LogP contribution >= 0.6 is 0 Å². The Kier molecular flexibility index (Phi) is 4.25. The lowest BCUT2D eigenvalue weighted by Gasteiger charge is -2.10. The van der Waals surface area contributed by atoms with Gasteiger partial charge in [0.05, 0.1) is 0 Å². The van der Waals surface area contributed by atoms with E-state index in [-0.39, 0.29) is 11.9 Å². The molecule has 1 heterocycles. The fraction of sp³-hybridized carbons (Fsp3) is 0.231. The topological polar surface area (TPSA) is 75.9 Å². The van der Waals surface area contributed by atoms with Crippen LogP contribution in [0, 0.1) is 5.82 Å². The molecular formula is C13H16FN5. The fourth-order valence-corrected chi connectivity index (χ4v) is 1.50. The van der Waals surface area contributed by atoms with Gasteiger partial charge in [-0.05, 0) is 25.1 Å². The summed E-state index contributed by atoms with van der Waals surface area (Å²) in [6.45, 7) is 2.52. The van der Waals surface area contributed by atoms with Crippen LogP contribution in [0.2, 0.25) is 0 Å². The lowest BCUT2D eigenvalue weighted by atomic mass is 10.3. The standard InChI is InChI=1S/C13H16FN5/c1-9(15)7-16-12-6-13(18-8-17-12)19-11-4-2-3-10(14)5-11/h2-6,8-9H,7,15H2,1H3,(H2,16,17,18,19). The summed E-state index contributed by atoms with van der Waals surface area (Å²) in [5.41, 5.74) is 6.29. The van der Waals surface area contributed by atoms with Gasteiger partial charge < -0.3 is 16.4 Å². The highest BCUT2D eigenvalue weighted by Gasteiger charge is 2.01. The number of hydrogen-bond acceptors (Lipinski definition) is 5. The van der Waals surface area contributed by atoms with Crippen LogP contribution in [0.15, 0.2) is 36.7 Å². The Labute approximate surface area is 111 Å². The zero-order valence-corrected chi connectivity index (χ0v) is 10.6. The first kappa shape index (κ1) is 13.2. The SMILES string of the molecule is CC(N)CNc1cc(Nc2cccc(F)c2)ncn1. The van der Waals surface area contributed by atoms with E-state index in [1.54, 1.807) is 18.2 Å². The number of nitrogens with one attached hydrogen (secondary N) is 2. The molecule has 0 saturated carbocycles. The van der Waals surface area contributed by atoms with Gasteiger partial charge in [0.2, 0.25) is 0 Å². The summed E-state index contributed by atoms with van der Waals surface area (Å²) >= 11 is 0. The van der Waals surface area contributed by atoms with Gasteiger partial charge in [-0.25, -0.2) is 14.4 Å². The van der Waals surface area contributed by atoms with Crippen molar-refractivity contribution in [2.75, 3.05) is 17.2 Å². The lowest BCUT2D eigenvalue weighted by molar-refractivity contribution is 0.628. The molecule has 5 nitrogen and oxygen atoms in total. The van der Waals surface area contributed by atoms with Crippen LogP contribution in [0.1, 0.15) is 6.92 Å². The first-order valence-corrected chi connectivity index (χ1v) is 5.97. The number of nitrogens with zero attached hydrogens (tertiary/aromatic N) is 2. The third kappa shape index (κ3) is 4.18. The lowest BCUT2D eigenvalue weighted by Crippen LogP contribution is -2.25. The van der Waals surface area contributed by atoms with Crippen molar-refractivity contribution in [3.8, 4) is 0 Å². The summed E-state index contributed by atoms with van der Waals surface area (Å²) in [5, 5.41) is 6.10. The molecule has 1 aromatic carbocycles. The number of hydrogen-bond donors (Lipinski definition) is 3. The van der Waals surface area contributed by atoms with Crippen molar-refractivity contribution in [1.82, 2.24) is 9.97 Å². The second-order valence-corrected chi connectivity index (χ2v) is 4.28. The number of rotatable bonds is 5. The molecule has 100 valence electrons. The maximum absolute atomic E-state index is 13.1. The van der Waals surface area contributed by atoms with Gasteiger partial charge in [0, 0.05) is 24.3 Å². The third-order valence-electron chi connectivity index (χ3n) is 2.37. The number of aromatic nitrogens is 2. The Morgan fingerprint density at radius 3 is 2.79 bits per heavy atom. The van der Waals surface area contributed by atoms with E-state index < -0.39 is 0 Å². The van der Waals surface area contributed by atoms with Crippen molar-refractivity contribution < 1.29 is 4.39 Å². The number of benzene rings is 1. The summed E-state index contributed by atoms with van der Waals surface area (Å²) in [4.78, 5) is 8.15. The van der Waals surface area contributed by atoms with Gasteiger partial charge in [0.25, 0.3) is 0 Å². The molecule has 1 atom stereocenters. The molecule has 0 bridgehead atoms. The van der Waals surface area contributed by atoms with Crippen molar-refractivity contribution in [2.45, 2.75) is 13.0 Å². The first-order valence-electron chi connectivity index (χ1n) is 5.97. The van der Waals surface area contributed by atoms with E-state index in [1.807, 2.05) is 6.92 Å². The summed E-state index contributed by atoms with van der Waals surface area (Å²) < 4.78 is 13.1. The molecule has 1 unspecified atom stereocenters. The molecular weight excluding hydrogens is 245 g/mol. The molecule has 1 aromatic heterocycles. The zero-order chi connectivity index (χ0) is 13.7. The Balaban J connectivity index is 2.06. The van der Waals surface area contributed by atoms with Crippen LogP contribution in [-0.2, 0) is 0 Å². The van der Waals surface area contributed by atoms with Crippen LogP contribution in [0.3, 0.4) is 0 Å². The fourth-order valence-electron chi connectivity index (χ4n) is 1.50. The summed E-state index contributed by atoms with van der Waals surface area (Å²) in [7, 11) is 0. The molecule has 2 rings (SSSR count).